The van der Waals surface area contributed by atoms with Crippen molar-refractivity contribution in [3.05, 3.63) is 11.6 Å². The molecule has 0 aliphatic carbocycles. The molecule has 0 aromatic carbocycles. The zero-order valence-electron chi connectivity index (χ0n) is 10.9. The Kier molecular flexibility index (Phi) is 4.18. The van der Waals surface area contributed by atoms with E-state index in [2.05, 4.69) is 18.9 Å². The maximum absolute atomic E-state index is 5.85. The monoisotopic (exact) mass is 222 g/mol. The number of terminal acetylenes is 1. The lowest BCUT2D eigenvalue weighted by Crippen LogP contribution is -2.22. The van der Waals surface area contributed by atoms with E-state index in [-0.39, 0.29) is 18.1 Å². The van der Waals surface area contributed by atoms with E-state index in [1.54, 1.807) is 0 Å². The van der Waals surface area contributed by atoms with Gasteiger partial charge in [0, 0.05) is 5.92 Å². The molecular weight excluding hydrogens is 200 g/mol. The van der Waals surface area contributed by atoms with Gasteiger partial charge in [0.2, 0.25) is 0 Å². The van der Waals surface area contributed by atoms with Crippen LogP contribution in [0.25, 0.3) is 0 Å². The summed E-state index contributed by atoms with van der Waals surface area (Å²) in [5.74, 6) is 2.52. The van der Waals surface area contributed by atoms with E-state index in [1.807, 2.05) is 27.7 Å². The van der Waals surface area contributed by atoms with Crippen molar-refractivity contribution in [2.75, 3.05) is 0 Å². The normalized spacial score (nSPS) is 31.1. The largest absolute Gasteiger partial charge is 0.345 e. The quantitative estimate of drug-likeness (QED) is 0.539. The topological polar surface area (TPSA) is 18.5 Å². The second-order valence-electron chi connectivity index (χ2n) is 5.01. The Morgan fingerprint density at radius 3 is 2.56 bits per heavy atom. The van der Waals surface area contributed by atoms with Crippen LogP contribution >= 0.6 is 0 Å². The van der Waals surface area contributed by atoms with E-state index >= 15 is 0 Å². The third kappa shape index (κ3) is 3.37. The van der Waals surface area contributed by atoms with Crippen LogP contribution in [0.1, 0.15) is 41.0 Å². The summed E-state index contributed by atoms with van der Waals surface area (Å²) in [6.45, 7) is 10.1. The molecule has 0 amide bonds. The molecule has 1 aliphatic rings. The van der Waals surface area contributed by atoms with Crippen molar-refractivity contribution in [3.8, 4) is 12.3 Å². The first kappa shape index (κ1) is 13.3. The average Bonchev–Trinajstić information content (AvgIpc) is 2.48. The molecule has 0 N–H and O–H groups in total. The predicted octanol–water partition coefficient (Wildman–Crippen LogP) is 3.13. The van der Waals surface area contributed by atoms with Crippen molar-refractivity contribution in [1.82, 2.24) is 0 Å². The number of hydrogen-bond acceptors (Lipinski definition) is 2. The lowest BCUT2D eigenvalue weighted by atomic mass is 10.0. The lowest BCUT2D eigenvalue weighted by Gasteiger charge is -2.17. The number of rotatable bonds is 3. The van der Waals surface area contributed by atoms with E-state index in [9.17, 15) is 0 Å². The smallest absolute Gasteiger partial charge is 0.164 e. The van der Waals surface area contributed by atoms with Gasteiger partial charge in [-0.15, -0.1) is 12.3 Å². The molecule has 0 aromatic heterocycles. The van der Waals surface area contributed by atoms with Gasteiger partial charge in [0.25, 0.3) is 0 Å². The molecule has 0 bridgehead atoms. The van der Waals surface area contributed by atoms with E-state index in [1.165, 1.54) is 5.57 Å². The number of hydrogen-bond donors (Lipinski definition) is 0. The molecule has 1 heterocycles. The maximum atomic E-state index is 5.85. The van der Waals surface area contributed by atoms with Crippen LogP contribution in [0.5, 0.6) is 0 Å². The highest BCUT2D eigenvalue weighted by Gasteiger charge is 2.39. The van der Waals surface area contributed by atoms with Crippen LogP contribution in [0.2, 0.25) is 0 Å². The van der Waals surface area contributed by atoms with Crippen LogP contribution in [-0.4, -0.2) is 18.0 Å². The van der Waals surface area contributed by atoms with Crippen molar-refractivity contribution in [2.45, 2.75) is 59.0 Å². The zero-order valence-corrected chi connectivity index (χ0v) is 10.9. The maximum Gasteiger partial charge on any atom is 0.164 e. The molecule has 0 spiro atoms. The molecule has 2 nitrogen and oxygen atoms in total. The first-order valence-electron chi connectivity index (χ1n) is 5.84. The van der Waals surface area contributed by atoms with Gasteiger partial charge < -0.3 is 9.47 Å². The molecule has 1 rings (SSSR count). The molecule has 2 heteroatoms. The third-order valence-corrected chi connectivity index (χ3v) is 2.83. The third-order valence-electron chi connectivity index (χ3n) is 2.83. The summed E-state index contributed by atoms with van der Waals surface area (Å²) in [7, 11) is 0. The second-order valence-corrected chi connectivity index (χ2v) is 5.01. The summed E-state index contributed by atoms with van der Waals surface area (Å²) in [5, 5.41) is 0. The Labute approximate surface area is 99.0 Å². The van der Waals surface area contributed by atoms with E-state index < -0.39 is 5.79 Å². The summed E-state index contributed by atoms with van der Waals surface area (Å²) in [6.07, 6.45) is 8.57. The summed E-state index contributed by atoms with van der Waals surface area (Å²) < 4.78 is 11.6. The molecule has 0 saturated carbocycles. The van der Waals surface area contributed by atoms with E-state index in [4.69, 9.17) is 15.9 Å². The van der Waals surface area contributed by atoms with Crippen LogP contribution in [0.3, 0.4) is 0 Å². The highest BCUT2D eigenvalue weighted by molar-refractivity contribution is 5.11. The molecule has 90 valence electrons. The Morgan fingerprint density at radius 2 is 2.12 bits per heavy atom. The van der Waals surface area contributed by atoms with Gasteiger partial charge in [0.1, 0.15) is 6.10 Å². The molecule has 1 fully saturated rings. The SMILES string of the molecule is C#C[C@H](C)C/C=C(\C)[C@H]1OC(C)(C)O[C@@H]1C. The van der Waals surface area contributed by atoms with Crippen molar-refractivity contribution in [3.63, 3.8) is 0 Å². The van der Waals surface area contributed by atoms with E-state index in [0.29, 0.717) is 0 Å². The predicted molar refractivity (Wildman–Crippen MR) is 65.9 cm³/mol. The summed E-state index contributed by atoms with van der Waals surface area (Å²) in [6, 6.07) is 0. The van der Waals surface area contributed by atoms with Crippen LogP contribution in [-0.2, 0) is 9.47 Å². The fourth-order valence-electron chi connectivity index (χ4n) is 1.95. The highest BCUT2D eigenvalue weighted by atomic mass is 16.7. The fraction of sp³-hybridized carbons (Fsp3) is 0.714. The first-order chi connectivity index (χ1) is 7.35. The standard InChI is InChI=1S/C14H22O2/c1-7-10(2)8-9-11(3)13-12(4)15-14(5,6)16-13/h1,9-10,12-13H,8H2,2-6H3/b11-9+/t10-,12+,13+/m0/s1. The molecule has 1 aliphatic heterocycles. The van der Waals surface area contributed by atoms with Crippen molar-refractivity contribution >= 4 is 0 Å². The van der Waals surface area contributed by atoms with Crippen molar-refractivity contribution in [2.24, 2.45) is 5.92 Å². The molecule has 1 saturated heterocycles. The van der Waals surface area contributed by atoms with E-state index in [0.717, 1.165) is 6.42 Å². The number of ether oxygens (including phenoxy) is 2. The minimum Gasteiger partial charge on any atom is -0.345 e. The van der Waals surface area contributed by atoms with Gasteiger partial charge in [-0.05, 0) is 39.7 Å². The highest BCUT2D eigenvalue weighted by Crippen LogP contribution is 2.31. The summed E-state index contributed by atoms with van der Waals surface area (Å²) >= 11 is 0. The van der Waals surface area contributed by atoms with Gasteiger partial charge in [-0.3, -0.25) is 0 Å². The van der Waals surface area contributed by atoms with Crippen molar-refractivity contribution in [1.29, 1.82) is 0 Å². The molecule has 0 aromatic rings. The average molecular weight is 222 g/mol. The Morgan fingerprint density at radius 1 is 1.50 bits per heavy atom. The first-order valence-corrected chi connectivity index (χ1v) is 5.84. The Hall–Kier alpha value is -0.780. The van der Waals surface area contributed by atoms with Gasteiger partial charge >= 0.3 is 0 Å². The van der Waals surface area contributed by atoms with Gasteiger partial charge in [-0.1, -0.05) is 13.0 Å². The zero-order chi connectivity index (χ0) is 12.3. The lowest BCUT2D eigenvalue weighted by molar-refractivity contribution is -0.142. The molecular formula is C14H22O2. The van der Waals surface area contributed by atoms with Gasteiger partial charge in [0.15, 0.2) is 5.79 Å². The van der Waals surface area contributed by atoms with Crippen LogP contribution < -0.4 is 0 Å². The van der Waals surface area contributed by atoms with Gasteiger partial charge in [0.05, 0.1) is 6.10 Å². The minimum absolute atomic E-state index is 0.0555. The second kappa shape index (κ2) is 5.03. The van der Waals surface area contributed by atoms with Gasteiger partial charge in [-0.25, -0.2) is 0 Å². The summed E-state index contributed by atoms with van der Waals surface area (Å²) in [5.41, 5.74) is 1.21. The number of allylic oxidation sites excluding steroid dienone is 1. The Bertz CT molecular complexity index is 309. The molecule has 0 unspecified atom stereocenters. The van der Waals surface area contributed by atoms with Crippen LogP contribution in [0, 0.1) is 18.3 Å². The van der Waals surface area contributed by atoms with Crippen LogP contribution in [0.4, 0.5) is 0 Å². The summed E-state index contributed by atoms with van der Waals surface area (Å²) in [4.78, 5) is 0. The molecule has 3 atom stereocenters. The van der Waals surface area contributed by atoms with Crippen LogP contribution in [0.15, 0.2) is 11.6 Å². The fourth-order valence-corrected chi connectivity index (χ4v) is 1.95. The molecule has 16 heavy (non-hydrogen) atoms. The minimum atomic E-state index is -0.475. The van der Waals surface area contributed by atoms with Crippen molar-refractivity contribution < 1.29 is 9.47 Å². The Balaban J connectivity index is 2.62. The molecule has 0 radical (unpaired) electrons. The van der Waals surface area contributed by atoms with Gasteiger partial charge in [-0.2, -0.15) is 0 Å².